The van der Waals surface area contributed by atoms with Crippen molar-refractivity contribution in [3.63, 3.8) is 0 Å². The molecule has 0 radical (unpaired) electrons. The minimum Gasteiger partial charge on any atom is -0.389 e. The standard InChI is InChI=1S/C12H21N3O/c1-10(2)6-12(3,16)9-14-8-11-7-13-4-5-15-11/h4-5,7,10,14,16H,6,8-9H2,1-3H3. The van der Waals surface area contributed by atoms with Gasteiger partial charge in [0.05, 0.1) is 11.3 Å². The van der Waals surface area contributed by atoms with Gasteiger partial charge in [-0.15, -0.1) is 0 Å². The zero-order valence-electron chi connectivity index (χ0n) is 10.3. The van der Waals surface area contributed by atoms with Crippen LogP contribution in [-0.4, -0.2) is 27.2 Å². The lowest BCUT2D eigenvalue weighted by atomic mass is 9.94. The molecule has 0 aliphatic carbocycles. The lowest BCUT2D eigenvalue weighted by Gasteiger charge is -2.25. The van der Waals surface area contributed by atoms with E-state index in [1.807, 2.05) is 6.92 Å². The summed E-state index contributed by atoms with van der Waals surface area (Å²) in [4.78, 5) is 8.14. The SMILES string of the molecule is CC(C)CC(C)(O)CNCc1cnccn1. The number of hydrogen-bond acceptors (Lipinski definition) is 4. The Morgan fingerprint density at radius 2 is 2.19 bits per heavy atom. The van der Waals surface area contributed by atoms with E-state index in [-0.39, 0.29) is 0 Å². The van der Waals surface area contributed by atoms with Gasteiger partial charge in [0, 0.05) is 31.7 Å². The van der Waals surface area contributed by atoms with E-state index in [4.69, 9.17) is 0 Å². The largest absolute Gasteiger partial charge is 0.389 e. The van der Waals surface area contributed by atoms with Gasteiger partial charge in [-0.1, -0.05) is 13.8 Å². The van der Waals surface area contributed by atoms with E-state index < -0.39 is 5.60 Å². The predicted molar refractivity (Wildman–Crippen MR) is 63.8 cm³/mol. The molecule has 4 nitrogen and oxygen atoms in total. The van der Waals surface area contributed by atoms with Gasteiger partial charge in [-0.2, -0.15) is 0 Å². The van der Waals surface area contributed by atoms with Crippen molar-refractivity contribution < 1.29 is 5.11 Å². The fourth-order valence-corrected chi connectivity index (χ4v) is 1.83. The molecule has 1 heterocycles. The third-order valence-corrected chi connectivity index (χ3v) is 2.28. The van der Waals surface area contributed by atoms with Crippen LogP contribution in [0.4, 0.5) is 0 Å². The van der Waals surface area contributed by atoms with E-state index in [9.17, 15) is 5.11 Å². The van der Waals surface area contributed by atoms with Crippen molar-refractivity contribution in [3.05, 3.63) is 24.3 Å². The van der Waals surface area contributed by atoms with Gasteiger partial charge < -0.3 is 10.4 Å². The highest BCUT2D eigenvalue weighted by atomic mass is 16.3. The molecular weight excluding hydrogens is 202 g/mol. The second-order valence-electron chi connectivity index (χ2n) is 4.90. The molecule has 1 aromatic heterocycles. The molecule has 2 N–H and O–H groups in total. The molecule has 0 fully saturated rings. The summed E-state index contributed by atoms with van der Waals surface area (Å²) < 4.78 is 0. The molecule has 1 aromatic rings. The summed E-state index contributed by atoms with van der Waals surface area (Å²) >= 11 is 0. The molecule has 16 heavy (non-hydrogen) atoms. The molecule has 0 spiro atoms. The molecule has 4 heteroatoms. The third kappa shape index (κ3) is 5.19. The van der Waals surface area contributed by atoms with Crippen LogP contribution >= 0.6 is 0 Å². The molecule has 0 aliphatic heterocycles. The first-order chi connectivity index (χ1) is 7.49. The zero-order chi connectivity index (χ0) is 12.0. The highest BCUT2D eigenvalue weighted by molar-refractivity contribution is 4.94. The summed E-state index contributed by atoms with van der Waals surface area (Å²) in [6.45, 7) is 7.29. The van der Waals surface area contributed by atoms with Crippen LogP contribution in [0.25, 0.3) is 0 Å². The van der Waals surface area contributed by atoms with Gasteiger partial charge in [0.25, 0.3) is 0 Å². The predicted octanol–water partition coefficient (Wildman–Crippen LogP) is 1.36. The molecule has 1 rings (SSSR count). The normalized spacial score (nSPS) is 15.1. The van der Waals surface area contributed by atoms with Gasteiger partial charge in [0.1, 0.15) is 0 Å². The molecule has 0 amide bonds. The Labute approximate surface area is 97.1 Å². The lowest BCUT2D eigenvalue weighted by Crippen LogP contribution is -2.38. The highest BCUT2D eigenvalue weighted by Gasteiger charge is 2.20. The van der Waals surface area contributed by atoms with Crippen molar-refractivity contribution in [3.8, 4) is 0 Å². The van der Waals surface area contributed by atoms with Gasteiger partial charge in [0.15, 0.2) is 0 Å². The van der Waals surface area contributed by atoms with Crippen molar-refractivity contribution in [1.82, 2.24) is 15.3 Å². The van der Waals surface area contributed by atoms with Gasteiger partial charge in [-0.3, -0.25) is 9.97 Å². The van der Waals surface area contributed by atoms with Crippen molar-refractivity contribution in [1.29, 1.82) is 0 Å². The van der Waals surface area contributed by atoms with Crippen LogP contribution in [0, 0.1) is 5.92 Å². The fourth-order valence-electron chi connectivity index (χ4n) is 1.83. The van der Waals surface area contributed by atoms with Crippen LogP contribution in [-0.2, 0) is 6.54 Å². The molecule has 0 saturated heterocycles. The Morgan fingerprint density at radius 1 is 1.44 bits per heavy atom. The average molecular weight is 223 g/mol. The Hall–Kier alpha value is -1.00. The minimum atomic E-state index is -0.656. The zero-order valence-corrected chi connectivity index (χ0v) is 10.3. The van der Waals surface area contributed by atoms with Crippen LogP contribution in [0.1, 0.15) is 32.9 Å². The Kier molecular flexibility index (Phi) is 4.83. The van der Waals surface area contributed by atoms with Crippen LogP contribution in [0.2, 0.25) is 0 Å². The first kappa shape index (κ1) is 13.1. The summed E-state index contributed by atoms with van der Waals surface area (Å²) in [6.07, 6.45) is 5.84. The molecule has 1 unspecified atom stereocenters. The van der Waals surface area contributed by atoms with Crippen molar-refractivity contribution in [2.45, 2.75) is 39.3 Å². The number of aromatic nitrogens is 2. The van der Waals surface area contributed by atoms with E-state index in [0.717, 1.165) is 12.1 Å². The summed E-state index contributed by atoms with van der Waals surface area (Å²) in [7, 11) is 0. The molecule has 90 valence electrons. The van der Waals surface area contributed by atoms with E-state index in [1.54, 1.807) is 18.6 Å². The third-order valence-electron chi connectivity index (χ3n) is 2.28. The fraction of sp³-hybridized carbons (Fsp3) is 0.667. The Balaban J connectivity index is 2.30. The van der Waals surface area contributed by atoms with Gasteiger partial charge >= 0.3 is 0 Å². The summed E-state index contributed by atoms with van der Waals surface area (Å²) in [6, 6.07) is 0. The minimum absolute atomic E-state index is 0.494. The topological polar surface area (TPSA) is 58.0 Å². The summed E-state index contributed by atoms with van der Waals surface area (Å²) in [5, 5.41) is 13.3. The van der Waals surface area contributed by atoms with Gasteiger partial charge in [-0.05, 0) is 19.3 Å². The lowest BCUT2D eigenvalue weighted by molar-refractivity contribution is 0.0382. The quantitative estimate of drug-likeness (QED) is 0.764. The molecule has 0 aromatic carbocycles. The molecule has 0 aliphatic rings. The molecule has 0 bridgehead atoms. The van der Waals surface area contributed by atoms with Crippen LogP contribution in [0.15, 0.2) is 18.6 Å². The first-order valence-electron chi connectivity index (χ1n) is 5.67. The number of rotatable bonds is 6. The Bertz CT molecular complexity index is 298. The van der Waals surface area contributed by atoms with Crippen molar-refractivity contribution >= 4 is 0 Å². The van der Waals surface area contributed by atoms with Gasteiger partial charge in [0.2, 0.25) is 0 Å². The maximum atomic E-state index is 10.1. The average Bonchev–Trinajstić information content (AvgIpc) is 2.16. The number of aliphatic hydroxyl groups is 1. The second-order valence-corrected chi connectivity index (χ2v) is 4.90. The van der Waals surface area contributed by atoms with Gasteiger partial charge in [-0.25, -0.2) is 0 Å². The van der Waals surface area contributed by atoms with Crippen molar-refractivity contribution in [2.75, 3.05) is 6.54 Å². The van der Waals surface area contributed by atoms with E-state index in [1.165, 1.54) is 0 Å². The van der Waals surface area contributed by atoms with E-state index >= 15 is 0 Å². The maximum Gasteiger partial charge on any atom is 0.0746 e. The Morgan fingerprint density at radius 3 is 2.75 bits per heavy atom. The first-order valence-corrected chi connectivity index (χ1v) is 5.67. The monoisotopic (exact) mass is 223 g/mol. The molecule has 0 saturated carbocycles. The van der Waals surface area contributed by atoms with Crippen LogP contribution in [0.3, 0.4) is 0 Å². The maximum absolute atomic E-state index is 10.1. The molecular formula is C12H21N3O. The summed E-state index contributed by atoms with van der Waals surface area (Å²) in [5.74, 6) is 0.494. The van der Waals surface area contributed by atoms with E-state index in [0.29, 0.717) is 19.0 Å². The number of hydrogen-bond donors (Lipinski definition) is 2. The second kappa shape index (κ2) is 5.92. The smallest absolute Gasteiger partial charge is 0.0746 e. The van der Waals surface area contributed by atoms with Crippen molar-refractivity contribution in [2.24, 2.45) is 5.92 Å². The van der Waals surface area contributed by atoms with Crippen LogP contribution < -0.4 is 5.32 Å². The highest BCUT2D eigenvalue weighted by Crippen LogP contribution is 2.15. The molecule has 1 atom stereocenters. The number of nitrogens with zero attached hydrogens (tertiary/aromatic N) is 2. The van der Waals surface area contributed by atoms with E-state index in [2.05, 4.69) is 29.1 Å². The number of nitrogens with one attached hydrogen (secondary N) is 1. The summed E-state index contributed by atoms with van der Waals surface area (Å²) in [5.41, 5.74) is 0.235. The van der Waals surface area contributed by atoms with Crippen LogP contribution in [0.5, 0.6) is 0 Å².